The molecule has 0 aromatic heterocycles. The molecule has 1 heterocycles. The zero-order chi connectivity index (χ0) is 31.3. The largest absolute Gasteiger partial charge is 0.493 e. The minimum absolute atomic E-state index is 0.208. The number of carbonyl (C=O) groups excluding carboxylic acids is 3. The summed E-state index contributed by atoms with van der Waals surface area (Å²) in [6, 6.07) is 32.1. The highest BCUT2D eigenvalue weighted by Gasteiger charge is 2.36. The number of nitrogens with zero attached hydrogens (tertiary/aromatic N) is 1. The number of imide groups is 2. The Morgan fingerprint density at radius 3 is 2.27 bits per heavy atom. The molecule has 0 aliphatic carbocycles. The minimum Gasteiger partial charge on any atom is -0.493 e. The number of rotatable bonds is 9. The number of hydrogen-bond donors (Lipinski definition) is 1. The van der Waals surface area contributed by atoms with Crippen molar-refractivity contribution >= 4 is 52.0 Å². The van der Waals surface area contributed by atoms with Crippen LogP contribution in [-0.4, -0.2) is 25.0 Å². The molecule has 0 spiro atoms. The van der Waals surface area contributed by atoms with Gasteiger partial charge >= 0.3 is 6.03 Å². The van der Waals surface area contributed by atoms with E-state index in [4.69, 9.17) is 25.8 Å². The summed E-state index contributed by atoms with van der Waals surface area (Å²) in [7, 11) is 1.51. The fourth-order valence-corrected chi connectivity index (χ4v) is 5.18. The van der Waals surface area contributed by atoms with Gasteiger partial charge in [-0.2, -0.15) is 0 Å². The van der Waals surface area contributed by atoms with Crippen molar-refractivity contribution in [2.45, 2.75) is 13.2 Å². The van der Waals surface area contributed by atoms with Crippen LogP contribution < -0.4 is 24.4 Å². The Kier molecular flexibility index (Phi) is 8.48. The molecule has 0 atom stereocenters. The number of barbiturate groups is 1. The Balaban J connectivity index is 1.18. The van der Waals surface area contributed by atoms with E-state index in [2.05, 4.69) is 5.32 Å². The smallest absolute Gasteiger partial charge is 0.335 e. The third-order valence-electron chi connectivity index (χ3n) is 7.31. The van der Waals surface area contributed by atoms with Crippen LogP contribution in [0, 0.1) is 0 Å². The molecule has 5 aromatic carbocycles. The Bertz CT molecular complexity index is 1950. The van der Waals surface area contributed by atoms with Gasteiger partial charge in [-0.05, 0) is 70.4 Å². The van der Waals surface area contributed by atoms with E-state index in [0.29, 0.717) is 34.4 Å². The number of benzene rings is 5. The number of hydrogen-bond acceptors (Lipinski definition) is 6. The predicted octanol–water partition coefficient (Wildman–Crippen LogP) is 7.33. The third-order valence-corrected chi connectivity index (χ3v) is 7.68. The van der Waals surface area contributed by atoms with Crippen molar-refractivity contribution in [2.75, 3.05) is 12.0 Å². The van der Waals surface area contributed by atoms with Gasteiger partial charge in [-0.25, -0.2) is 9.69 Å². The van der Waals surface area contributed by atoms with Gasteiger partial charge in [-0.1, -0.05) is 78.3 Å². The summed E-state index contributed by atoms with van der Waals surface area (Å²) >= 11 is 6.20. The van der Waals surface area contributed by atoms with Crippen LogP contribution in [-0.2, 0) is 22.8 Å². The van der Waals surface area contributed by atoms with Crippen LogP contribution in [0.5, 0.6) is 17.2 Å². The van der Waals surface area contributed by atoms with E-state index >= 15 is 0 Å². The lowest BCUT2D eigenvalue weighted by molar-refractivity contribution is -0.122. The SMILES string of the molecule is COc1cc(/C=C2\C(=O)NC(=O)N(c3ccc(OCc4ccccc4Cl)cc3)C2=O)ccc1OCc1cccc2ccccc12. The first-order valence-corrected chi connectivity index (χ1v) is 14.4. The Hall–Kier alpha value is -5.60. The van der Waals surface area contributed by atoms with Crippen LogP contribution in [0.25, 0.3) is 16.8 Å². The van der Waals surface area contributed by atoms with Crippen molar-refractivity contribution in [3.05, 3.63) is 136 Å². The van der Waals surface area contributed by atoms with Gasteiger partial charge in [0.25, 0.3) is 11.8 Å². The Morgan fingerprint density at radius 2 is 1.47 bits per heavy atom. The van der Waals surface area contributed by atoms with Crippen LogP contribution in [0.4, 0.5) is 10.5 Å². The quantitative estimate of drug-likeness (QED) is 0.137. The molecule has 5 aromatic rings. The number of fused-ring (bicyclic) bond motifs is 1. The summed E-state index contributed by atoms with van der Waals surface area (Å²) in [5, 5.41) is 5.05. The standard InChI is InChI=1S/C36H27ClN2O6/c1-43-33-20-23(13-18-32(33)45-21-25-10-6-9-24-7-2-4-11-29(24)25)19-30-34(40)38-36(42)39(35(30)41)27-14-16-28(17-15-27)44-22-26-8-3-5-12-31(26)37/h2-20H,21-22H2,1H3,(H,38,40,42)/b30-19+. The molecular weight excluding hydrogens is 592 g/mol. The Morgan fingerprint density at radius 1 is 0.756 bits per heavy atom. The molecule has 1 fully saturated rings. The fourth-order valence-electron chi connectivity index (χ4n) is 4.99. The summed E-state index contributed by atoms with van der Waals surface area (Å²) in [6.07, 6.45) is 1.41. The van der Waals surface area contributed by atoms with Gasteiger partial charge in [0.2, 0.25) is 0 Å². The Labute approximate surface area is 264 Å². The van der Waals surface area contributed by atoms with E-state index < -0.39 is 17.8 Å². The van der Waals surface area contributed by atoms with Crippen molar-refractivity contribution in [1.29, 1.82) is 0 Å². The molecule has 1 saturated heterocycles. The van der Waals surface area contributed by atoms with Gasteiger partial charge in [0.15, 0.2) is 11.5 Å². The average molecular weight is 619 g/mol. The number of halogens is 1. The highest BCUT2D eigenvalue weighted by Crippen LogP contribution is 2.32. The summed E-state index contributed by atoms with van der Waals surface area (Å²) in [6.45, 7) is 0.569. The van der Waals surface area contributed by atoms with Crippen LogP contribution in [0.2, 0.25) is 5.02 Å². The third kappa shape index (κ3) is 6.37. The topological polar surface area (TPSA) is 94.2 Å². The molecule has 1 aliphatic rings. The van der Waals surface area contributed by atoms with E-state index in [1.807, 2.05) is 60.7 Å². The molecule has 1 aliphatic heterocycles. The van der Waals surface area contributed by atoms with E-state index in [9.17, 15) is 14.4 Å². The zero-order valence-electron chi connectivity index (χ0n) is 24.2. The van der Waals surface area contributed by atoms with Crippen molar-refractivity contribution in [1.82, 2.24) is 5.32 Å². The number of methoxy groups -OCH3 is 1. The first kappa shape index (κ1) is 29.5. The second-order valence-electron chi connectivity index (χ2n) is 10.2. The lowest BCUT2D eigenvalue weighted by atomic mass is 10.1. The summed E-state index contributed by atoms with van der Waals surface area (Å²) in [5.74, 6) is -0.112. The molecule has 224 valence electrons. The number of amides is 4. The van der Waals surface area contributed by atoms with Crippen LogP contribution in [0.3, 0.4) is 0 Å². The average Bonchev–Trinajstić information content (AvgIpc) is 3.06. The summed E-state index contributed by atoms with van der Waals surface area (Å²) < 4.78 is 17.5. The number of anilines is 1. The van der Waals surface area contributed by atoms with Crippen molar-refractivity contribution in [3.63, 3.8) is 0 Å². The van der Waals surface area contributed by atoms with Gasteiger partial charge in [0.1, 0.15) is 24.5 Å². The van der Waals surface area contributed by atoms with Gasteiger partial charge in [0.05, 0.1) is 12.8 Å². The molecule has 1 N–H and O–H groups in total. The summed E-state index contributed by atoms with van der Waals surface area (Å²) in [5.41, 5.74) is 2.43. The van der Waals surface area contributed by atoms with Gasteiger partial charge in [0, 0.05) is 10.6 Å². The van der Waals surface area contributed by atoms with Crippen molar-refractivity contribution in [3.8, 4) is 17.2 Å². The second kappa shape index (κ2) is 13.0. The van der Waals surface area contributed by atoms with Crippen LogP contribution in [0.15, 0.2) is 115 Å². The van der Waals surface area contributed by atoms with E-state index in [1.54, 1.807) is 48.5 Å². The first-order valence-electron chi connectivity index (χ1n) is 14.1. The maximum Gasteiger partial charge on any atom is 0.335 e. The second-order valence-corrected chi connectivity index (χ2v) is 10.6. The van der Waals surface area contributed by atoms with Crippen molar-refractivity contribution in [2.24, 2.45) is 0 Å². The number of carbonyl (C=O) groups is 3. The van der Waals surface area contributed by atoms with Crippen molar-refractivity contribution < 1.29 is 28.6 Å². The predicted molar refractivity (Wildman–Crippen MR) is 173 cm³/mol. The number of urea groups is 1. The first-order chi connectivity index (χ1) is 21.9. The van der Waals surface area contributed by atoms with E-state index in [-0.39, 0.29) is 17.9 Å². The van der Waals surface area contributed by atoms with Gasteiger partial charge < -0.3 is 14.2 Å². The molecule has 4 amide bonds. The fraction of sp³-hybridized carbons (Fsp3) is 0.0833. The molecular formula is C36H27ClN2O6. The zero-order valence-corrected chi connectivity index (χ0v) is 24.9. The molecule has 45 heavy (non-hydrogen) atoms. The molecule has 9 heteroatoms. The molecule has 0 bridgehead atoms. The minimum atomic E-state index is -0.846. The molecule has 6 rings (SSSR count). The van der Waals surface area contributed by atoms with Gasteiger partial charge in [-0.15, -0.1) is 0 Å². The molecule has 0 saturated carbocycles. The summed E-state index contributed by atoms with van der Waals surface area (Å²) in [4.78, 5) is 39.8. The van der Waals surface area contributed by atoms with E-state index in [0.717, 1.165) is 26.8 Å². The number of nitrogens with one attached hydrogen (secondary N) is 1. The van der Waals surface area contributed by atoms with Crippen LogP contribution in [0.1, 0.15) is 16.7 Å². The normalized spacial score (nSPS) is 14.0. The highest BCUT2D eigenvalue weighted by molar-refractivity contribution is 6.39. The molecule has 8 nitrogen and oxygen atoms in total. The van der Waals surface area contributed by atoms with E-state index in [1.165, 1.54) is 13.2 Å². The maximum atomic E-state index is 13.4. The number of ether oxygens (including phenoxy) is 3. The highest BCUT2D eigenvalue weighted by atomic mass is 35.5. The lowest BCUT2D eigenvalue weighted by Gasteiger charge is -2.26. The van der Waals surface area contributed by atoms with Gasteiger partial charge in [-0.3, -0.25) is 14.9 Å². The lowest BCUT2D eigenvalue weighted by Crippen LogP contribution is -2.54. The molecule has 0 radical (unpaired) electrons. The monoisotopic (exact) mass is 618 g/mol. The maximum absolute atomic E-state index is 13.4. The van der Waals surface area contributed by atoms with Crippen LogP contribution >= 0.6 is 11.6 Å². The molecule has 0 unspecified atom stereocenters.